The Balaban J connectivity index is 1.62. The molecule has 7 heteroatoms. The Hall–Kier alpha value is -2.93. The maximum atomic E-state index is 11.9. The van der Waals surface area contributed by atoms with Crippen molar-refractivity contribution < 1.29 is 14.3 Å². The number of ether oxygens (including phenoxy) is 2. The SMILES string of the molecule is COc1ccccc1-c1nnc(NC(=O)COc2ccccc2)s1. The van der Waals surface area contributed by atoms with Crippen LogP contribution in [0.4, 0.5) is 5.13 Å². The van der Waals surface area contributed by atoms with E-state index in [0.717, 1.165) is 5.56 Å². The lowest BCUT2D eigenvalue weighted by Gasteiger charge is -2.05. The third kappa shape index (κ3) is 3.88. The van der Waals surface area contributed by atoms with Gasteiger partial charge in [-0.25, -0.2) is 0 Å². The first-order valence-electron chi connectivity index (χ1n) is 7.21. The maximum Gasteiger partial charge on any atom is 0.264 e. The summed E-state index contributed by atoms with van der Waals surface area (Å²) >= 11 is 1.28. The normalized spacial score (nSPS) is 10.2. The van der Waals surface area contributed by atoms with Crippen LogP contribution in [0.25, 0.3) is 10.6 Å². The number of carbonyl (C=O) groups is 1. The molecule has 122 valence electrons. The first kappa shape index (κ1) is 15.9. The highest BCUT2D eigenvalue weighted by Gasteiger charge is 2.13. The highest BCUT2D eigenvalue weighted by molar-refractivity contribution is 7.18. The number of hydrogen-bond acceptors (Lipinski definition) is 6. The molecule has 6 nitrogen and oxygen atoms in total. The summed E-state index contributed by atoms with van der Waals surface area (Å²) in [5.74, 6) is 1.06. The van der Waals surface area contributed by atoms with Crippen molar-refractivity contribution in [2.45, 2.75) is 0 Å². The number of hydrogen-bond donors (Lipinski definition) is 1. The van der Waals surface area contributed by atoms with Crippen molar-refractivity contribution in [1.29, 1.82) is 0 Å². The first-order valence-corrected chi connectivity index (χ1v) is 8.02. The molecule has 0 radical (unpaired) electrons. The van der Waals surface area contributed by atoms with Crippen LogP contribution in [0.2, 0.25) is 0 Å². The number of para-hydroxylation sites is 2. The van der Waals surface area contributed by atoms with Crippen molar-refractivity contribution in [2.75, 3.05) is 19.0 Å². The van der Waals surface area contributed by atoms with Gasteiger partial charge in [-0.15, -0.1) is 10.2 Å². The molecule has 0 bridgehead atoms. The summed E-state index contributed by atoms with van der Waals surface area (Å²) in [6.07, 6.45) is 0. The number of methoxy groups -OCH3 is 1. The minimum Gasteiger partial charge on any atom is -0.496 e. The Morgan fingerprint density at radius 1 is 1.08 bits per heavy atom. The van der Waals surface area contributed by atoms with Crippen LogP contribution in [0.3, 0.4) is 0 Å². The molecule has 1 N–H and O–H groups in total. The van der Waals surface area contributed by atoms with E-state index in [9.17, 15) is 4.79 Å². The lowest BCUT2D eigenvalue weighted by atomic mass is 10.2. The van der Waals surface area contributed by atoms with Gasteiger partial charge in [0.1, 0.15) is 11.5 Å². The number of carbonyl (C=O) groups excluding carboxylic acids is 1. The fourth-order valence-electron chi connectivity index (χ4n) is 2.02. The molecule has 3 rings (SSSR count). The molecule has 24 heavy (non-hydrogen) atoms. The van der Waals surface area contributed by atoms with Gasteiger partial charge in [-0.05, 0) is 24.3 Å². The molecule has 0 saturated heterocycles. The molecule has 1 heterocycles. The smallest absolute Gasteiger partial charge is 0.264 e. The molecule has 0 aliphatic heterocycles. The topological polar surface area (TPSA) is 73.3 Å². The van der Waals surface area contributed by atoms with Gasteiger partial charge in [0.25, 0.3) is 5.91 Å². The summed E-state index contributed by atoms with van der Waals surface area (Å²) in [5.41, 5.74) is 0.832. The summed E-state index contributed by atoms with van der Waals surface area (Å²) in [6, 6.07) is 16.7. The van der Waals surface area contributed by atoms with Crippen LogP contribution in [0.1, 0.15) is 0 Å². The Labute approximate surface area is 143 Å². The van der Waals surface area contributed by atoms with Crippen LogP contribution < -0.4 is 14.8 Å². The fraction of sp³-hybridized carbons (Fsp3) is 0.118. The van der Waals surface area contributed by atoms with Crippen LogP contribution in [0, 0.1) is 0 Å². The van der Waals surface area contributed by atoms with E-state index in [-0.39, 0.29) is 12.5 Å². The van der Waals surface area contributed by atoms with Crippen molar-refractivity contribution in [3.8, 4) is 22.1 Å². The third-order valence-corrected chi connectivity index (χ3v) is 3.99. The summed E-state index contributed by atoms with van der Waals surface area (Å²) in [5, 5.41) is 11.9. The zero-order valence-electron chi connectivity index (χ0n) is 12.9. The predicted molar refractivity (Wildman–Crippen MR) is 92.5 cm³/mol. The fourth-order valence-corrected chi connectivity index (χ4v) is 2.81. The number of nitrogens with zero attached hydrogens (tertiary/aromatic N) is 2. The number of amides is 1. The second kappa shape index (κ2) is 7.56. The lowest BCUT2D eigenvalue weighted by molar-refractivity contribution is -0.118. The van der Waals surface area contributed by atoms with Crippen molar-refractivity contribution in [2.24, 2.45) is 0 Å². The highest BCUT2D eigenvalue weighted by atomic mass is 32.1. The van der Waals surface area contributed by atoms with Crippen molar-refractivity contribution >= 4 is 22.4 Å². The molecule has 0 unspecified atom stereocenters. The van der Waals surface area contributed by atoms with Crippen LogP contribution in [-0.4, -0.2) is 29.8 Å². The van der Waals surface area contributed by atoms with Gasteiger partial charge >= 0.3 is 0 Å². The van der Waals surface area contributed by atoms with Gasteiger partial charge in [-0.3, -0.25) is 10.1 Å². The van der Waals surface area contributed by atoms with E-state index >= 15 is 0 Å². The summed E-state index contributed by atoms with van der Waals surface area (Å²) < 4.78 is 10.7. The Kier molecular flexibility index (Phi) is 5.02. The standard InChI is InChI=1S/C17H15N3O3S/c1-22-14-10-6-5-9-13(14)16-19-20-17(24-16)18-15(21)11-23-12-7-3-2-4-8-12/h2-10H,11H2,1H3,(H,18,20,21). The van der Waals surface area contributed by atoms with E-state index < -0.39 is 0 Å². The molecular formula is C17H15N3O3S. The van der Waals surface area contributed by atoms with E-state index in [4.69, 9.17) is 9.47 Å². The summed E-state index contributed by atoms with van der Waals surface area (Å²) in [6.45, 7) is -0.0897. The minimum absolute atomic E-state index is 0.0897. The Morgan fingerprint density at radius 2 is 1.83 bits per heavy atom. The maximum absolute atomic E-state index is 11.9. The average Bonchev–Trinajstić information content (AvgIpc) is 3.09. The molecule has 0 fully saturated rings. The van der Waals surface area contributed by atoms with Gasteiger partial charge in [0.15, 0.2) is 11.6 Å². The number of benzene rings is 2. The molecule has 1 aromatic heterocycles. The van der Waals surface area contributed by atoms with Gasteiger partial charge in [0.2, 0.25) is 5.13 Å². The monoisotopic (exact) mass is 341 g/mol. The Bertz CT molecular complexity index is 821. The molecule has 0 spiro atoms. The molecule has 1 amide bonds. The van der Waals surface area contributed by atoms with Gasteiger partial charge in [0.05, 0.1) is 12.7 Å². The van der Waals surface area contributed by atoms with E-state index in [1.807, 2.05) is 42.5 Å². The molecule has 0 saturated carbocycles. The predicted octanol–water partition coefficient (Wildman–Crippen LogP) is 3.23. The zero-order chi connectivity index (χ0) is 16.8. The van der Waals surface area contributed by atoms with Gasteiger partial charge in [-0.2, -0.15) is 0 Å². The zero-order valence-corrected chi connectivity index (χ0v) is 13.7. The van der Waals surface area contributed by atoms with Crippen LogP contribution in [0.15, 0.2) is 54.6 Å². The minimum atomic E-state index is -0.290. The molecular weight excluding hydrogens is 326 g/mol. The van der Waals surface area contributed by atoms with Gasteiger partial charge in [0, 0.05) is 0 Å². The van der Waals surface area contributed by atoms with E-state index in [1.54, 1.807) is 19.2 Å². The second-order valence-electron chi connectivity index (χ2n) is 4.76. The summed E-state index contributed by atoms with van der Waals surface area (Å²) in [4.78, 5) is 11.9. The van der Waals surface area contributed by atoms with Gasteiger partial charge < -0.3 is 9.47 Å². The lowest BCUT2D eigenvalue weighted by Crippen LogP contribution is -2.20. The van der Waals surface area contributed by atoms with Crippen molar-refractivity contribution in [3.63, 3.8) is 0 Å². The molecule has 0 aliphatic rings. The van der Waals surface area contributed by atoms with Crippen LogP contribution in [-0.2, 0) is 4.79 Å². The molecule has 3 aromatic rings. The van der Waals surface area contributed by atoms with Crippen LogP contribution >= 0.6 is 11.3 Å². The van der Waals surface area contributed by atoms with E-state index in [2.05, 4.69) is 15.5 Å². The number of rotatable bonds is 6. The van der Waals surface area contributed by atoms with Crippen LogP contribution in [0.5, 0.6) is 11.5 Å². The highest BCUT2D eigenvalue weighted by Crippen LogP contribution is 2.33. The molecule has 0 aliphatic carbocycles. The Morgan fingerprint density at radius 3 is 2.62 bits per heavy atom. The largest absolute Gasteiger partial charge is 0.496 e. The van der Waals surface area contributed by atoms with Crippen molar-refractivity contribution in [3.05, 3.63) is 54.6 Å². The molecule has 2 aromatic carbocycles. The second-order valence-corrected chi connectivity index (χ2v) is 5.74. The quantitative estimate of drug-likeness (QED) is 0.745. The van der Waals surface area contributed by atoms with Gasteiger partial charge in [-0.1, -0.05) is 41.7 Å². The first-order chi connectivity index (χ1) is 11.8. The van der Waals surface area contributed by atoms with Crippen molar-refractivity contribution in [1.82, 2.24) is 10.2 Å². The number of anilines is 1. The number of nitrogens with one attached hydrogen (secondary N) is 1. The molecule has 0 atom stereocenters. The number of aromatic nitrogens is 2. The van der Waals surface area contributed by atoms with E-state index in [1.165, 1.54) is 11.3 Å². The van der Waals surface area contributed by atoms with E-state index in [0.29, 0.717) is 21.6 Å². The summed E-state index contributed by atoms with van der Waals surface area (Å²) in [7, 11) is 1.60. The third-order valence-electron chi connectivity index (χ3n) is 3.12. The average molecular weight is 341 g/mol.